The molecule has 3 N–H and O–H groups in total. The zero-order valence-electron chi connectivity index (χ0n) is 23.3. The molecule has 0 saturated carbocycles. The van der Waals surface area contributed by atoms with Crippen molar-refractivity contribution in [3.63, 3.8) is 0 Å². The minimum atomic E-state index is -0.336. The molecule has 0 aliphatic carbocycles. The van der Waals surface area contributed by atoms with Gasteiger partial charge in [0.15, 0.2) is 0 Å². The van der Waals surface area contributed by atoms with Crippen LogP contribution in [0.15, 0.2) is 59.8 Å². The maximum absolute atomic E-state index is 9.25. The molecule has 0 fully saturated rings. The standard InChI is InChI=1S/C28H41N7.C2H6/c1-3-5-10-18-32-19-22-34(20-6-4-2)27(26-15-13-25(23-29)14-16-26)28(30)35(33-31)21-17-24-11-8-7-9-12-24;1-2/h7-9,11-16,27,30-32H,3-6,10,17-22H2,1-2H3;1-2H3. The Morgan fingerprint density at radius 2 is 1.59 bits per heavy atom. The highest BCUT2D eigenvalue weighted by molar-refractivity contribution is 5.85. The number of nitriles is 1. The summed E-state index contributed by atoms with van der Waals surface area (Å²) >= 11 is 0. The van der Waals surface area contributed by atoms with Crippen molar-refractivity contribution in [2.24, 2.45) is 5.22 Å². The SMILES string of the molecule is CC.CCCCCNCCN(CCCC)C(C(=N)N(CCc1ccccc1)N=N)c1ccc(C#N)cc1. The van der Waals surface area contributed by atoms with Crippen molar-refractivity contribution >= 4 is 5.84 Å². The number of benzene rings is 2. The third-order valence-electron chi connectivity index (χ3n) is 6.17. The molecular weight excluding hydrogens is 458 g/mol. The quantitative estimate of drug-likeness (QED) is 0.0709. The van der Waals surface area contributed by atoms with Crippen LogP contribution in [0.5, 0.6) is 0 Å². The van der Waals surface area contributed by atoms with Gasteiger partial charge in [-0.3, -0.25) is 10.3 Å². The number of hydrogen-bond acceptors (Lipinski definition) is 6. The summed E-state index contributed by atoms with van der Waals surface area (Å²) in [5.74, 6) is 0.294. The molecule has 0 spiro atoms. The van der Waals surface area contributed by atoms with Crippen molar-refractivity contribution in [1.82, 2.24) is 15.2 Å². The van der Waals surface area contributed by atoms with Crippen LogP contribution in [0.2, 0.25) is 0 Å². The van der Waals surface area contributed by atoms with E-state index in [1.807, 2.05) is 56.3 Å². The minimum Gasteiger partial charge on any atom is -0.315 e. The highest BCUT2D eigenvalue weighted by atomic mass is 15.5. The van der Waals surface area contributed by atoms with Crippen LogP contribution >= 0.6 is 0 Å². The van der Waals surface area contributed by atoms with Crippen molar-refractivity contribution in [1.29, 1.82) is 16.2 Å². The third kappa shape index (κ3) is 11.7. The summed E-state index contributed by atoms with van der Waals surface area (Å²) in [6.07, 6.45) is 6.40. The molecule has 0 radical (unpaired) electrons. The van der Waals surface area contributed by atoms with Gasteiger partial charge >= 0.3 is 0 Å². The molecule has 7 nitrogen and oxygen atoms in total. The second-order valence-corrected chi connectivity index (χ2v) is 8.83. The number of unbranched alkanes of at least 4 members (excludes halogenated alkanes) is 3. The van der Waals surface area contributed by atoms with E-state index in [0.717, 1.165) is 50.1 Å². The number of amidine groups is 1. The van der Waals surface area contributed by atoms with Gasteiger partial charge < -0.3 is 5.32 Å². The highest BCUT2D eigenvalue weighted by Gasteiger charge is 2.28. The number of hydrogen-bond donors (Lipinski definition) is 3. The summed E-state index contributed by atoms with van der Waals surface area (Å²) in [7, 11) is 0. The molecule has 2 rings (SSSR count). The van der Waals surface area contributed by atoms with E-state index in [0.29, 0.717) is 24.4 Å². The summed E-state index contributed by atoms with van der Waals surface area (Å²) in [6, 6.07) is 19.4. The maximum Gasteiger partial charge on any atom is 0.140 e. The molecule has 1 unspecified atom stereocenters. The predicted molar refractivity (Wildman–Crippen MR) is 154 cm³/mol. The summed E-state index contributed by atoms with van der Waals surface area (Å²) in [5, 5.41) is 27.2. The third-order valence-corrected chi connectivity index (χ3v) is 6.17. The lowest BCUT2D eigenvalue weighted by molar-refractivity contribution is 0.221. The van der Waals surface area contributed by atoms with Gasteiger partial charge in [-0.15, -0.1) is 0 Å². The molecule has 0 saturated heterocycles. The Morgan fingerprint density at radius 3 is 2.19 bits per heavy atom. The van der Waals surface area contributed by atoms with Gasteiger partial charge in [-0.2, -0.15) is 10.8 Å². The Hall–Kier alpha value is -3.08. The number of nitrogens with zero attached hydrogens (tertiary/aromatic N) is 4. The fraction of sp³-hybridized carbons (Fsp3) is 0.533. The molecule has 0 aliphatic heterocycles. The molecule has 0 aliphatic rings. The first-order chi connectivity index (χ1) is 18.1. The predicted octanol–water partition coefficient (Wildman–Crippen LogP) is 6.98. The van der Waals surface area contributed by atoms with Gasteiger partial charge in [0.25, 0.3) is 0 Å². The first-order valence-electron chi connectivity index (χ1n) is 13.9. The fourth-order valence-electron chi connectivity index (χ4n) is 4.11. The highest BCUT2D eigenvalue weighted by Crippen LogP contribution is 2.25. The smallest absolute Gasteiger partial charge is 0.140 e. The van der Waals surface area contributed by atoms with E-state index in [9.17, 15) is 5.26 Å². The van der Waals surface area contributed by atoms with Crippen LogP contribution in [-0.2, 0) is 6.42 Å². The van der Waals surface area contributed by atoms with Gasteiger partial charge in [-0.1, -0.05) is 94.6 Å². The molecule has 0 amide bonds. The molecule has 2 aromatic rings. The zero-order chi connectivity index (χ0) is 27.3. The topological polar surface area (TPSA) is 102 Å². The summed E-state index contributed by atoms with van der Waals surface area (Å²) in [5.41, 5.74) is 10.5. The lowest BCUT2D eigenvalue weighted by atomic mass is 10.0. The largest absolute Gasteiger partial charge is 0.315 e. The number of nitrogens with one attached hydrogen (secondary N) is 3. The fourth-order valence-corrected chi connectivity index (χ4v) is 4.11. The summed E-state index contributed by atoms with van der Waals surface area (Å²) in [4.78, 5) is 2.32. The molecule has 0 aromatic heterocycles. The van der Waals surface area contributed by atoms with Crippen molar-refractivity contribution in [2.75, 3.05) is 32.7 Å². The van der Waals surface area contributed by atoms with E-state index in [1.165, 1.54) is 24.3 Å². The molecule has 202 valence electrons. The number of rotatable bonds is 17. The molecular formula is C30H47N7. The van der Waals surface area contributed by atoms with Crippen LogP contribution in [0.3, 0.4) is 0 Å². The first kappa shape index (κ1) is 31.9. The van der Waals surface area contributed by atoms with Gasteiger partial charge in [0.05, 0.1) is 17.7 Å². The second kappa shape index (κ2) is 20.0. The van der Waals surface area contributed by atoms with Gasteiger partial charge in [0.1, 0.15) is 5.84 Å². The monoisotopic (exact) mass is 505 g/mol. The Morgan fingerprint density at radius 1 is 0.919 bits per heavy atom. The average Bonchev–Trinajstić information content (AvgIpc) is 2.95. The molecule has 7 heteroatoms. The van der Waals surface area contributed by atoms with Crippen LogP contribution < -0.4 is 5.32 Å². The van der Waals surface area contributed by atoms with E-state index in [2.05, 4.69) is 47.5 Å². The van der Waals surface area contributed by atoms with E-state index in [-0.39, 0.29) is 6.04 Å². The average molecular weight is 506 g/mol. The van der Waals surface area contributed by atoms with Gasteiger partial charge in [-0.05, 0) is 55.6 Å². The van der Waals surface area contributed by atoms with Gasteiger partial charge in [0, 0.05) is 19.6 Å². The van der Waals surface area contributed by atoms with Crippen LogP contribution in [-0.4, -0.2) is 48.5 Å². The van der Waals surface area contributed by atoms with Crippen molar-refractivity contribution in [3.8, 4) is 6.07 Å². The van der Waals surface area contributed by atoms with E-state index in [1.54, 1.807) is 0 Å². The van der Waals surface area contributed by atoms with Gasteiger partial charge in [0.2, 0.25) is 0 Å². The summed E-state index contributed by atoms with van der Waals surface area (Å²) < 4.78 is 0. The first-order valence-corrected chi connectivity index (χ1v) is 13.9. The lowest BCUT2D eigenvalue weighted by Gasteiger charge is -2.35. The normalized spacial score (nSPS) is 11.2. The second-order valence-electron chi connectivity index (χ2n) is 8.83. The van der Waals surface area contributed by atoms with E-state index < -0.39 is 0 Å². The minimum absolute atomic E-state index is 0.294. The Kier molecular flexibility index (Phi) is 17.3. The van der Waals surface area contributed by atoms with Crippen molar-refractivity contribution in [2.45, 2.75) is 72.3 Å². The van der Waals surface area contributed by atoms with Gasteiger partial charge in [-0.25, -0.2) is 5.01 Å². The Bertz CT molecular complexity index is 906. The molecule has 2 aromatic carbocycles. The Labute approximate surface area is 224 Å². The molecule has 1 atom stereocenters. The Balaban J connectivity index is 0.00000334. The van der Waals surface area contributed by atoms with Crippen LogP contribution in [0, 0.1) is 22.3 Å². The molecule has 0 heterocycles. The maximum atomic E-state index is 9.25. The zero-order valence-corrected chi connectivity index (χ0v) is 23.3. The van der Waals surface area contributed by atoms with E-state index >= 15 is 0 Å². The van der Waals surface area contributed by atoms with E-state index in [4.69, 9.17) is 10.9 Å². The summed E-state index contributed by atoms with van der Waals surface area (Å²) in [6.45, 7) is 12.3. The van der Waals surface area contributed by atoms with Crippen molar-refractivity contribution in [3.05, 3.63) is 71.3 Å². The van der Waals surface area contributed by atoms with Crippen LogP contribution in [0.4, 0.5) is 0 Å². The lowest BCUT2D eigenvalue weighted by Crippen LogP contribution is -2.44. The van der Waals surface area contributed by atoms with Crippen LogP contribution in [0.1, 0.15) is 82.5 Å². The van der Waals surface area contributed by atoms with Crippen LogP contribution in [0.25, 0.3) is 0 Å². The van der Waals surface area contributed by atoms with Crippen molar-refractivity contribution < 1.29 is 0 Å². The molecule has 0 bridgehead atoms. The molecule has 37 heavy (non-hydrogen) atoms.